The van der Waals surface area contributed by atoms with Crippen molar-refractivity contribution in [3.63, 3.8) is 0 Å². The monoisotopic (exact) mass is 464 g/mol. The number of allylic oxidation sites excluding steroid dienone is 1. The summed E-state index contributed by atoms with van der Waals surface area (Å²) in [5.41, 5.74) is 14.0. The smallest absolute Gasteiger partial charge is 0.264 e. The fourth-order valence-corrected chi connectivity index (χ4v) is 6.45. The van der Waals surface area contributed by atoms with Crippen LogP contribution < -0.4 is 16.2 Å². The van der Waals surface area contributed by atoms with Crippen molar-refractivity contribution < 1.29 is 0 Å². The van der Waals surface area contributed by atoms with Crippen LogP contribution in [0.15, 0.2) is 59.4 Å². The highest BCUT2D eigenvalue weighted by Gasteiger charge is 2.46. The molecule has 7 nitrogen and oxygen atoms in total. The van der Waals surface area contributed by atoms with Crippen molar-refractivity contribution in [1.82, 2.24) is 20.2 Å². The first-order chi connectivity index (χ1) is 17.1. The van der Waals surface area contributed by atoms with Crippen molar-refractivity contribution >= 4 is 22.6 Å². The van der Waals surface area contributed by atoms with Crippen molar-refractivity contribution in [3.05, 3.63) is 92.9 Å². The maximum absolute atomic E-state index is 13.3. The van der Waals surface area contributed by atoms with E-state index >= 15 is 0 Å². The van der Waals surface area contributed by atoms with Gasteiger partial charge >= 0.3 is 0 Å². The number of nitrogens with one attached hydrogen (secondary N) is 2. The van der Waals surface area contributed by atoms with Gasteiger partial charge < -0.3 is 10.6 Å². The van der Waals surface area contributed by atoms with Gasteiger partial charge in [0.05, 0.1) is 0 Å². The number of aromatic nitrogens is 4. The maximum atomic E-state index is 13.3. The Morgan fingerprint density at radius 1 is 1.03 bits per heavy atom. The summed E-state index contributed by atoms with van der Waals surface area (Å²) >= 11 is 0. The van der Waals surface area contributed by atoms with E-state index in [4.69, 9.17) is 10.7 Å². The molecule has 4 N–H and O–H groups in total. The number of aromatic amines is 2. The van der Waals surface area contributed by atoms with Gasteiger partial charge in [-0.05, 0) is 59.8 Å². The van der Waals surface area contributed by atoms with Crippen LogP contribution in [0.5, 0.6) is 0 Å². The Hall–Kier alpha value is -3.71. The average Bonchev–Trinajstić information content (AvgIpc) is 3.44. The van der Waals surface area contributed by atoms with Gasteiger partial charge in [0.1, 0.15) is 11.1 Å². The van der Waals surface area contributed by atoms with Gasteiger partial charge in [0.25, 0.3) is 5.56 Å². The molecule has 2 aromatic carbocycles. The minimum Gasteiger partial charge on any atom is -0.342 e. The zero-order valence-corrected chi connectivity index (χ0v) is 19.6. The third-order valence-corrected chi connectivity index (χ3v) is 8.39. The van der Waals surface area contributed by atoms with E-state index in [9.17, 15) is 4.79 Å². The van der Waals surface area contributed by atoms with E-state index in [0.717, 1.165) is 56.3 Å². The molecule has 2 aliphatic carbocycles. The van der Waals surface area contributed by atoms with Gasteiger partial charge in [-0.25, -0.2) is 0 Å². The number of anilines is 1. The van der Waals surface area contributed by atoms with Gasteiger partial charge in [-0.3, -0.25) is 14.9 Å². The van der Waals surface area contributed by atoms with Gasteiger partial charge in [0.15, 0.2) is 5.65 Å². The molecule has 1 aliphatic heterocycles. The van der Waals surface area contributed by atoms with Crippen molar-refractivity contribution in [2.45, 2.75) is 38.1 Å². The van der Waals surface area contributed by atoms with Gasteiger partial charge in [0.2, 0.25) is 5.95 Å². The third-order valence-electron chi connectivity index (χ3n) is 8.39. The van der Waals surface area contributed by atoms with Crippen LogP contribution in [-0.4, -0.2) is 33.3 Å². The Bertz CT molecular complexity index is 1540. The molecule has 0 bridgehead atoms. The van der Waals surface area contributed by atoms with Crippen LogP contribution in [-0.2, 0) is 12.8 Å². The van der Waals surface area contributed by atoms with Gasteiger partial charge in [-0.2, -0.15) is 10.1 Å². The van der Waals surface area contributed by atoms with Crippen molar-refractivity contribution in [1.29, 1.82) is 0 Å². The molecule has 1 atom stereocenters. The third kappa shape index (κ3) is 3.11. The fraction of sp³-hybridized carbons (Fsp3) is 0.321. The topological polar surface area (TPSA) is 104 Å². The lowest BCUT2D eigenvalue weighted by molar-refractivity contribution is 0.187. The number of hydrogen-bond acceptors (Lipinski definition) is 5. The molecular weight excluding hydrogens is 436 g/mol. The van der Waals surface area contributed by atoms with Crippen LogP contribution in [0.4, 0.5) is 5.95 Å². The highest BCUT2D eigenvalue weighted by atomic mass is 16.1. The van der Waals surface area contributed by atoms with E-state index in [0.29, 0.717) is 22.7 Å². The number of nitrogens with two attached hydrogens (primary N) is 1. The molecule has 4 aromatic rings. The largest absolute Gasteiger partial charge is 0.342 e. The standard InChI is InChI=1S/C28H28N6O/c29-24-20-10-4-2-7-18(20)16-28(24)12-14-34(15-13-28)27-30-25-22(26(35)31-27)23(32-33-25)21-11-5-8-17-6-1-3-9-19(17)21/h1-4,6-7,9-11,24H,5,8,12-16,29H2,(H2,30,31,32,33,35)/t24-/m1/s1. The lowest BCUT2D eigenvalue weighted by Crippen LogP contribution is -2.45. The number of piperidine rings is 1. The molecule has 176 valence electrons. The van der Waals surface area contributed by atoms with E-state index in [1.165, 1.54) is 16.7 Å². The van der Waals surface area contributed by atoms with Gasteiger partial charge in [0, 0.05) is 24.7 Å². The van der Waals surface area contributed by atoms with Crippen LogP contribution in [0.2, 0.25) is 0 Å². The number of H-pyrrole nitrogens is 2. The predicted molar refractivity (Wildman–Crippen MR) is 137 cm³/mol. The average molecular weight is 465 g/mol. The molecule has 2 aromatic heterocycles. The van der Waals surface area contributed by atoms with E-state index in [1.54, 1.807) is 0 Å². The zero-order valence-electron chi connectivity index (χ0n) is 19.6. The van der Waals surface area contributed by atoms with Crippen LogP contribution in [0.25, 0.3) is 16.6 Å². The minimum absolute atomic E-state index is 0.0668. The SMILES string of the molecule is N[C@@H]1c2ccccc2CC12CCN(c1nc3[nH]nc(C4=CCCc5ccccc54)c3c(=O)[nH]1)CC2. The summed E-state index contributed by atoms with van der Waals surface area (Å²) in [6.45, 7) is 1.63. The number of benzene rings is 2. The molecule has 0 saturated carbocycles. The summed E-state index contributed by atoms with van der Waals surface area (Å²) in [6, 6.07) is 17.0. The van der Waals surface area contributed by atoms with Crippen LogP contribution >= 0.6 is 0 Å². The fourth-order valence-electron chi connectivity index (χ4n) is 6.45. The zero-order chi connectivity index (χ0) is 23.6. The molecular formula is C28H28N6O. The highest BCUT2D eigenvalue weighted by molar-refractivity contribution is 5.94. The molecule has 1 saturated heterocycles. The van der Waals surface area contributed by atoms with Crippen molar-refractivity contribution in [3.8, 4) is 0 Å². The van der Waals surface area contributed by atoms with Crippen molar-refractivity contribution in [2.24, 2.45) is 11.1 Å². The molecule has 35 heavy (non-hydrogen) atoms. The molecule has 0 amide bonds. The Labute approximate surface area is 203 Å². The lowest BCUT2D eigenvalue weighted by atomic mass is 9.73. The molecule has 3 aliphatic rings. The first kappa shape index (κ1) is 20.6. The summed E-state index contributed by atoms with van der Waals surface area (Å²) < 4.78 is 0. The second-order valence-corrected chi connectivity index (χ2v) is 10.2. The highest BCUT2D eigenvalue weighted by Crippen LogP contribution is 2.50. The van der Waals surface area contributed by atoms with Crippen LogP contribution in [0, 0.1) is 5.41 Å². The first-order valence-electron chi connectivity index (χ1n) is 12.5. The minimum atomic E-state index is -0.150. The molecule has 1 fully saturated rings. The lowest BCUT2D eigenvalue weighted by Gasteiger charge is -2.42. The summed E-state index contributed by atoms with van der Waals surface area (Å²) in [4.78, 5) is 23.3. The summed E-state index contributed by atoms with van der Waals surface area (Å²) in [5.74, 6) is 0.606. The van der Waals surface area contributed by atoms with Crippen LogP contribution in [0.3, 0.4) is 0 Å². The van der Waals surface area contributed by atoms with E-state index in [2.05, 4.69) is 68.6 Å². The second kappa shape index (κ2) is 7.65. The quantitative estimate of drug-likeness (QED) is 0.418. The molecule has 3 heterocycles. The normalized spacial score (nSPS) is 20.7. The number of aryl methyl sites for hydroxylation is 1. The number of hydrogen-bond donors (Lipinski definition) is 3. The summed E-state index contributed by atoms with van der Waals surface area (Å²) in [5, 5.41) is 8.11. The van der Waals surface area contributed by atoms with E-state index in [-0.39, 0.29) is 17.0 Å². The van der Waals surface area contributed by atoms with Gasteiger partial charge in [-0.15, -0.1) is 0 Å². The Kier molecular flexibility index (Phi) is 4.51. The number of nitrogens with zero attached hydrogens (tertiary/aromatic N) is 3. The van der Waals surface area contributed by atoms with Gasteiger partial charge in [-0.1, -0.05) is 54.6 Å². The molecule has 1 spiro atoms. The Morgan fingerprint density at radius 2 is 1.80 bits per heavy atom. The van der Waals surface area contributed by atoms with Crippen molar-refractivity contribution in [2.75, 3.05) is 18.0 Å². The first-order valence-corrected chi connectivity index (χ1v) is 12.5. The molecule has 7 rings (SSSR count). The molecule has 0 radical (unpaired) electrons. The molecule has 0 unspecified atom stereocenters. The van der Waals surface area contributed by atoms with E-state index < -0.39 is 0 Å². The molecule has 7 heteroatoms. The summed E-state index contributed by atoms with van der Waals surface area (Å²) in [7, 11) is 0. The van der Waals surface area contributed by atoms with Crippen LogP contribution in [0.1, 0.15) is 53.3 Å². The second-order valence-electron chi connectivity index (χ2n) is 10.2. The Balaban J connectivity index is 1.18. The Morgan fingerprint density at radius 3 is 2.63 bits per heavy atom. The number of fused-ring (bicyclic) bond motifs is 3. The summed E-state index contributed by atoms with van der Waals surface area (Å²) in [6.07, 6.45) is 7.10. The predicted octanol–water partition coefficient (Wildman–Crippen LogP) is 3.87. The number of rotatable bonds is 2. The maximum Gasteiger partial charge on any atom is 0.264 e. The van der Waals surface area contributed by atoms with E-state index in [1.807, 2.05) is 6.07 Å².